The number of hydrogen-bond donors (Lipinski definition) is 3. The number of H-pyrrole nitrogens is 2. The Kier molecular flexibility index (Phi) is 2.60. The zero-order valence-corrected chi connectivity index (χ0v) is 9.75. The molecule has 1 aromatic carbocycles. The standard InChI is InChI=1S/C11H10N6O2/c18-17(19)7-1-2-8-9(5-7)16-11(15-8)14-6-10-12-3-4-13-10/h1-5H,6H2,(H,12,13)(H2,14,15,16). The monoisotopic (exact) mass is 258 g/mol. The summed E-state index contributed by atoms with van der Waals surface area (Å²) in [4.78, 5) is 24.5. The molecule has 0 saturated carbocycles. The Morgan fingerprint density at radius 3 is 3.05 bits per heavy atom. The molecule has 0 aliphatic heterocycles. The number of non-ortho nitro benzene ring substituents is 1. The second-order valence-electron chi connectivity index (χ2n) is 3.93. The lowest BCUT2D eigenvalue weighted by atomic mass is 10.3. The predicted octanol–water partition coefficient (Wildman–Crippen LogP) is 1.81. The molecule has 3 aromatic rings. The van der Waals surface area contributed by atoms with Gasteiger partial charge in [-0.1, -0.05) is 0 Å². The van der Waals surface area contributed by atoms with Crippen molar-refractivity contribution in [3.05, 3.63) is 46.5 Å². The van der Waals surface area contributed by atoms with Gasteiger partial charge >= 0.3 is 0 Å². The number of nitrogens with one attached hydrogen (secondary N) is 3. The van der Waals surface area contributed by atoms with Crippen LogP contribution in [0.4, 0.5) is 11.6 Å². The molecule has 0 aliphatic carbocycles. The topological polar surface area (TPSA) is 113 Å². The molecule has 3 N–H and O–H groups in total. The van der Waals surface area contributed by atoms with Gasteiger partial charge in [0.05, 0.1) is 22.5 Å². The fourth-order valence-corrected chi connectivity index (χ4v) is 1.76. The lowest BCUT2D eigenvalue weighted by Crippen LogP contribution is -2.02. The summed E-state index contributed by atoms with van der Waals surface area (Å²) in [6.45, 7) is 0.495. The molecule has 0 amide bonds. The number of aromatic amines is 2. The smallest absolute Gasteiger partial charge is 0.271 e. The summed E-state index contributed by atoms with van der Waals surface area (Å²) in [5.41, 5.74) is 1.33. The summed E-state index contributed by atoms with van der Waals surface area (Å²) in [5, 5.41) is 13.7. The summed E-state index contributed by atoms with van der Waals surface area (Å²) in [5.74, 6) is 1.33. The maximum atomic E-state index is 10.7. The van der Waals surface area contributed by atoms with Crippen LogP contribution in [0.2, 0.25) is 0 Å². The van der Waals surface area contributed by atoms with E-state index in [1.165, 1.54) is 12.1 Å². The zero-order chi connectivity index (χ0) is 13.2. The van der Waals surface area contributed by atoms with Crippen LogP contribution >= 0.6 is 0 Å². The van der Waals surface area contributed by atoms with Crippen molar-refractivity contribution in [1.29, 1.82) is 0 Å². The van der Waals surface area contributed by atoms with Crippen molar-refractivity contribution >= 4 is 22.7 Å². The number of benzene rings is 1. The fraction of sp³-hybridized carbons (Fsp3) is 0.0909. The minimum atomic E-state index is -0.434. The summed E-state index contributed by atoms with van der Waals surface area (Å²) < 4.78 is 0. The molecule has 96 valence electrons. The van der Waals surface area contributed by atoms with Gasteiger partial charge in [0.15, 0.2) is 0 Å². The van der Waals surface area contributed by atoms with Crippen LogP contribution in [-0.4, -0.2) is 24.9 Å². The Morgan fingerprint density at radius 2 is 2.32 bits per heavy atom. The molecular weight excluding hydrogens is 248 g/mol. The maximum Gasteiger partial charge on any atom is 0.271 e. The third kappa shape index (κ3) is 2.23. The number of rotatable bonds is 4. The molecule has 0 fully saturated rings. The molecule has 2 aromatic heterocycles. The van der Waals surface area contributed by atoms with Gasteiger partial charge in [0.25, 0.3) is 5.69 Å². The van der Waals surface area contributed by atoms with Crippen molar-refractivity contribution in [3.8, 4) is 0 Å². The molecule has 0 aliphatic rings. The third-order valence-electron chi connectivity index (χ3n) is 2.65. The van der Waals surface area contributed by atoms with Gasteiger partial charge in [0.2, 0.25) is 5.95 Å². The van der Waals surface area contributed by atoms with E-state index < -0.39 is 4.92 Å². The molecule has 19 heavy (non-hydrogen) atoms. The number of anilines is 1. The molecule has 2 heterocycles. The van der Waals surface area contributed by atoms with Crippen molar-refractivity contribution in [1.82, 2.24) is 19.9 Å². The van der Waals surface area contributed by atoms with Gasteiger partial charge in [-0.15, -0.1) is 0 Å². The molecule has 0 radical (unpaired) electrons. The average molecular weight is 258 g/mol. The number of aromatic nitrogens is 4. The first-order valence-electron chi connectivity index (χ1n) is 5.58. The van der Waals surface area contributed by atoms with Gasteiger partial charge in [0.1, 0.15) is 5.82 Å². The Morgan fingerprint density at radius 1 is 1.42 bits per heavy atom. The van der Waals surface area contributed by atoms with Crippen molar-refractivity contribution in [2.45, 2.75) is 6.54 Å². The molecule has 0 saturated heterocycles. The van der Waals surface area contributed by atoms with Crippen LogP contribution < -0.4 is 5.32 Å². The fourth-order valence-electron chi connectivity index (χ4n) is 1.76. The van der Waals surface area contributed by atoms with Crippen LogP contribution in [-0.2, 0) is 6.54 Å². The highest BCUT2D eigenvalue weighted by Gasteiger charge is 2.09. The van der Waals surface area contributed by atoms with E-state index in [0.717, 1.165) is 5.82 Å². The molecule has 0 bridgehead atoms. The molecular formula is C11H10N6O2. The van der Waals surface area contributed by atoms with Crippen molar-refractivity contribution < 1.29 is 4.92 Å². The van der Waals surface area contributed by atoms with E-state index in [4.69, 9.17) is 0 Å². The molecule has 0 unspecified atom stereocenters. The van der Waals surface area contributed by atoms with Crippen LogP contribution in [0, 0.1) is 10.1 Å². The molecule has 8 heteroatoms. The van der Waals surface area contributed by atoms with E-state index in [1.54, 1.807) is 18.5 Å². The first-order chi connectivity index (χ1) is 9.22. The van der Waals surface area contributed by atoms with Crippen molar-refractivity contribution in [2.75, 3.05) is 5.32 Å². The SMILES string of the molecule is O=[N+]([O-])c1ccc2nc(NCc3ncc[nH]3)[nH]c2c1. The average Bonchev–Trinajstić information content (AvgIpc) is 3.04. The number of nitro benzene ring substituents is 1. The number of imidazole rings is 2. The quantitative estimate of drug-likeness (QED) is 0.488. The minimum absolute atomic E-state index is 0.0359. The van der Waals surface area contributed by atoms with Gasteiger partial charge < -0.3 is 15.3 Å². The Balaban J connectivity index is 1.83. The van der Waals surface area contributed by atoms with Crippen LogP contribution in [0.25, 0.3) is 11.0 Å². The Bertz CT molecular complexity index is 718. The zero-order valence-electron chi connectivity index (χ0n) is 9.75. The number of nitro groups is 1. The second-order valence-corrected chi connectivity index (χ2v) is 3.93. The Hall–Kier alpha value is -2.90. The van der Waals surface area contributed by atoms with Crippen LogP contribution in [0.3, 0.4) is 0 Å². The number of nitrogens with zero attached hydrogens (tertiary/aromatic N) is 3. The van der Waals surface area contributed by atoms with Gasteiger partial charge in [-0.3, -0.25) is 10.1 Å². The Labute approximate surface area is 107 Å². The van der Waals surface area contributed by atoms with E-state index >= 15 is 0 Å². The number of fused-ring (bicyclic) bond motifs is 1. The van der Waals surface area contributed by atoms with E-state index in [-0.39, 0.29) is 5.69 Å². The highest BCUT2D eigenvalue weighted by atomic mass is 16.6. The molecule has 3 rings (SSSR count). The molecule has 8 nitrogen and oxygen atoms in total. The summed E-state index contributed by atoms with van der Waals surface area (Å²) in [7, 11) is 0. The normalized spacial score (nSPS) is 10.7. The maximum absolute atomic E-state index is 10.7. The highest BCUT2D eigenvalue weighted by Crippen LogP contribution is 2.20. The summed E-state index contributed by atoms with van der Waals surface area (Å²) in [6, 6.07) is 4.50. The first kappa shape index (κ1) is 11.2. The lowest BCUT2D eigenvalue weighted by molar-refractivity contribution is -0.384. The van der Waals surface area contributed by atoms with Crippen LogP contribution in [0.5, 0.6) is 0 Å². The minimum Gasteiger partial charge on any atom is -0.349 e. The van der Waals surface area contributed by atoms with Gasteiger partial charge in [0, 0.05) is 24.5 Å². The predicted molar refractivity (Wildman–Crippen MR) is 68.7 cm³/mol. The van der Waals surface area contributed by atoms with Gasteiger partial charge in [-0.25, -0.2) is 9.97 Å². The van der Waals surface area contributed by atoms with E-state index in [1.807, 2.05) is 0 Å². The van der Waals surface area contributed by atoms with E-state index in [2.05, 4.69) is 25.3 Å². The first-order valence-corrected chi connectivity index (χ1v) is 5.58. The van der Waals surface area contributed by atoms with Crippen molar-refractivity contribution in [3.63, 3.8) is 0 Å². The van der Waals surface area contributed by atoms with Crippen LogP contribution in [0.15, 0.2) is 30.6 Å². The van der Waals surface area contributed by atoms with E-state index in [9.17, 15) is 10.1 Å². The molecule has 0 spiro atoms. The van der Waals surface area contributed by atoms with Crippen LogP contribution in [0.1, 0.15) is 5.82 Å². The summed E-state index contributed by atoms with van der Waals surface area (Å²) in [6.07, 6.45) is 3.40. The largest absolute Gasteiger partial charge is 0.349 e. The van der Waals surface area contributed by atoms with E-state index in [0.29, 0.717) is 23.5 Å². The third-order valence-corrected chi connectivity index (χ3v) is 2.65. The lowest BCUT2D eigenvalue weighted by Gasteiger charge is -1.98. The van der Waals surface area contributed by atoms with Gasteiger partial charge in [-0.05, 0) is 6.07 Å². The number of hydrogen-bond acceptors (Lipinski definition) is 5. The second kappa shape index (κ2) is 4.41. The highest BCUT2D eigenvalue weighted by molar-refractivity contribution is 5.79. The molecule has 0 atom stereocenters. The van der Waals surface area contributed by atoms with Gasteiger partial charge in [-0.2, -0.15) is 0 Å². The summed E-state index contributed by atoms with van der Waals surface area (Å²) >= 11 is 0. The van der Waals surface area contributed by atoms with Crippen molar-refractivity contribution in [2.24, 2.45) is 0 Å².